The van der Waals surface area contributed by atoms with Crippen LogP contribution < -0.4 is 0 Å². The molecular formula is C14H21NO2. The van der Waals surface area contributed by atoms with Gasteiger partial charge in [0.15, 0.2) is 0 Å². The number of ether oxygens (including phenoxy) is 1. The van der Waals surface area contributed by atoms with E-state index in [1.165, 1.54) is 5.56 Å². The number of rotatable bonds is 6. The Bertz CT molecular complexity index is 337. The van der Waals surface area contributed by atoms with E-state index in [0.29, 0.717) is 0 Å². The molecule has 0 aliphatic heterocycles. The molecule has 1 amide bonds. The Morgan fingerprint density at radius 1 is 1.35 bits per heavy atom. The zero-order valence-electron chi connectivity index (χ0n) is 10.8. The zero-order chi connectivity index (χ0) is 12.7. The molecule has 0 bridgehead atoms. The number of carbonyl (C=O) groups excluding carboxylic acids is 1. The molecule has 0 N–H and O–H groups in total. The first-order valence-electron chi connectivity index (χ1n) is 5.97. The number of hydrogen-bond acceptors (Lipinski definition) is 2. The van der Waals surface area contributed by atoms with E-state index in [2.05, 4.69) is 12.1 Å². The van der Waals surface area contributed by atoms with Crippen molar-refractivity contribution in [1.29, 1.82) is 0 Å². The number of nitrogens with zero attached hydrogens (tertiary/aromatic N) is 1. The molecule has 3 heteroatoms. The molecule has 1 aromatic carbocycles. The van der Waals surface area contributed by atoms with Gasteiger partial charge in [-0.2, -0.15) is 0 Å². The third-order valence-electron chi connectivity index (χ3n) is 2.88. The first-order valence-corrected chi connectivity index (χ1v) is 5.97. The minimum absolute atomic E-state index is 0.0422. The predicted octanol–water partition coefficient (Wildman–Crippen LogP) is 2.11. The van der Waals surface area contributed by atoms with E-state index in [-0.39, 0.29) is 12.0 Å². The van der Waals surface area contributed by atoms with Crippen molar-refractivity contribution >= 4 is 5.91 Å². The number of likely N-dealkylation sites (N-methyl/N-ethyl adjacent to an activating group) is 1. The largest absolute Gasteiger partial charge is 0.372 e. The average Bonchev–Trinajstić information content (AvgIpc) is 2.38. The lowest BCUT2D eigenvalue weighted by Crippen LogP contribution is -2.36. The average molecular weight is 235 g/mol. The van der Waals surface area contributed by atoms with Gasteiger partial charge in [0.1, 0.15) is 6.10 Å². The maximum Gasteiger partial charge on any atom is 0.251 e. The number of amides is 1. The minimum atomic E-state index is -0.350. The SMILES string of the molecule is COC(C)C(=O)N(C)CCCc1ccccc1. The van der Waals surface area contributed by atoms with Gasteiger partial charge in [0.05, 0.1) is 0 Å². The predicted molar refractivity (Wildman–Crippen MR) is 68.9 cm³/mol. The second kappa shape index (κ2) is 7.07. The summed E-state index contributed by atoms with van der Waals surface area (Å²) < 4.78 is 5.01. The maximum atomic E-state index is 11.7. The Morgan fingerprint density at radius 2 is 2.00 bits per heavy atom. The molecule has 0 saturated heterocycles. The maximum absolute atomic E-state index is 11.7. The highest BCUT2D eigenvalue weighted by atomic mass is 16.5. The second-order valence-electron chi connectivity index (χ2n) is 4.23. The molecule has 0 aliphatic carbocycles. The summed E-state index contributed by atoms with van der Waals surface area (Å²) in [6.07, 6.45) is 1.62. The number of benzene rings is 1. The van der Waals surface area contributed by atoms with Gasteiger partial charge >= 0.3 is 0 Å². The molecule has 3 nitrogen and oxygen atoms in total. The fourth-order valence-corrected chi connectivity index (χ4v) is 1.69. The topological polar surface area (TPSA) is 29.5 Å². The van der Waals surface area contributed by atoms with Crippen LogP contribution in [0.2, 0.25) is 0 Å². The summed E-state index contributed by atoms with van der Waals surface area (Å²) in [5.41, 5.74) is 1.31. The molecule has 0 fully saturated rings. The summed E-state index contributed by atoms with van der Waals surface area (Å²) in [5, 5.41) is 0. The number of carbonyl (C=O) groups is 1. The molecule has 0 aliphatic rings. The summed E-state index contributed by atoms with van der Waals surface area (Å²) in [6.45, 7) is 2.54. The van der Waals surface area contributed by atoms with Crippen molar-refractivity contribution in [2.24, 2.45) is 0 Å². The van der Waals surface area contributed by atoms with Crippen molar-refractivity contribution in [2.45, 2.75) is 25.9 Å². The van der Waals surface area contributed by atoms with Crippen molar-refractivity contribution in [3.8, 4) is 0 Å². The lowest BCUT2D eigenvalue weighted by Gasteiger charge is -2.20. The van der Waals surface area contributed by atoms with Crippen LogP contribution in [0.5, 0.6) is 0 Å². The third-order valence-corrected chi connectivity index (χ3v) is 2.88. The molecule has 94 valence electrons. The molecule has 0 radical (unpaired) electrons. The monoisotopic (exact) mass is 235 g/mol. The standard InChI is InChI=1S/C14H21NO2/c1-12(17-3)14(16)15(2)11-7-10-13-8-5-4-6-9-13/h4-6,8-9,12H,7,10-11H2,1-3H3. The van der Waals surface area contributed by atoms with Crippen LogP contribution in [-0.4, -0.2) is 37.6 Å². The fourth-order valence-electron chi connectivity index (χ4n) is 1.69. The highest BCUT2D eigenvalue weighted by Crippen LogP contribution is 2.04. The van der Waals surface area contributed by atoms with Gasteiger partial charge < -0.3 is 9.64 Å². The zero-order valence-corrected chi connectivity index (χ0v) is 10.8. The Balaban J connectivity index is 2.29. The fraction of sp³-hybridized carbons (Fsp3) is 0.500. The quantitative estimate of drug-likeness (QED) is 0.756. The van der Waals surface area contributed by atoms with Gasteiger partial charge in [-0.05, 0) is 25.3 Å². The lowest BCUT2D eigenvalue weighted by molar-refractivity contribution is -0.139. The molecule has 17 heavy (non-hydrogen) atoms. The summed E-state index contributed by atoms with van der Waals surface area (Å²) in [7, 11) is 3.38. The Labute approximate surface area is 103 Å². The van der Waals surface area contributed by atoms with Crippen LogP contribution in [0, 0.1) is 0 Å². The van der Waals surface area contributed by atoms with Crippen molar-refractivity contribution in [3.63, 3.8) is 0 Å². The van der Waals surface area contributed by atoms with Gasteiger partial charge in [0.2, 0.25) is 0 Å². The van der Waals surface area contributed by atoms with Crippen LogP contribution in [0.1, 0.15) is 18.9 Å². The summed E-state index contributed by atoms with van der Waals surface area (Å²) >= 11 is 0. The molecule has 0 heterocycles. The van der Waals surface area contributed by atoms with Crippen LogP contribution in [0.3, 0.4) is 0 Å². The summed E-state index contributed by atoms with van der Waals surface area (Å²) in [5.74, 6) is 0.0422. The first-order chi connectivity index (χ1) is 8.15. The Hall–Kier alpha value is -1.35. The molecule has 0 spiro atoms. The minimum Gasteiger partial charge on any atom is -0.372 e. The van der Waals surface area contributed by atoms with E-state index in [9.17, 15) is 4.79 Å². The van der Waals surface area contributed by atoms with Crippen LogP contribution in [-0.2, 0) is 16.0 Å². The highest BCUT2D eigenvalue weighted by molar-refractivity contribution is 5.80. The molecule has 0 saturated carbocycles. The number of hydrogen-bond donors (Lipinski definition) is 0. The Kier molecular flexibility index (Phi) is 5.70. The van der Waals surface area contributed by atoms with Gasteiger partial charge in [0, 0.05) is 20.7 Å². The third kappa shape index (κ3) is 4.57. The van der Waals surface area contributed by atoms with Gasteiger partial charge in [-0.1, -0.05) is 30.3 Å². The van der Waals surface area contributed by atoms with Crippen LogP contribution >= 0.6 is 0 Å². The van der Waals surface area contributed by atoms with Crippen molar-refractivity contribution in [2.75, 3.05) is 20.7 Å². The normalized spacial score (nSPS) is 12.2. The highest BCUT2D eigenvalue weighted by Gasteiger charge is 2.15. The van der Waals surface area contributed by atoms with Crippen LogP contribution in [0.4, 0.5) is 0 Å². The van der Waals surface area contributed by atoms with Crippen molar-refractivity contribution in [3.05, 3.63) is 35.9 Å². The van der Waals surface area contributed by atoms with E-state index in [0.717, 1.165) is 19.4 Å². The van der Waals surface area contributed by atoms with Gasteiger partial charge in [-0.25, -0.2) is 0 Å². The van der Waals surface area contributed by atoms with Crippen LogP contribution in [0.25, 0.3) is 0 Å². The molecule has 1 rings (SSSR count). The number of methoxy groups -OCH3 is 1. The lowest BCUT2D eigenvalue weighted by atomic mass is 10.1. The van der Waals surface area contributed by atoms with E-state index in [1.807, 2.05) is 25.2 Å². The van der Waals surface area contributed by atoms with Gasteiger partial charge in [0.25, 0.3) is 5.91 Å². The summed E-state index contributed by atoms with van der Waals surface area (Å²) in [4.78, 5) is 13.5. The van der Waals surface area contributed by atoms with Crippen LogP contribution in [0.15, 0.2) is 30.3 Å². The molecular weight excluding hydrogens is 214 g/mol. The Morgan fingerprint density at radius 3 is 2.59 bits per heavy atom. The first kappa shape index (κ1) is 13.7. The van der Waals surface area contributed by atoms with E-state index >= 15 is 0 Å². The smallest absolute Gasteiger partial charge is 0.251 e. The molecule has 1 atom stereocenters. The van der Waals surface area contributed by atoms with E-state index < -0.39 is 0 Å². The molecule has 0 aromatic heterocycles. The second-order valence-corrected chi connectivity index (χ2v) is 4.23. The summed E-state index contributed by atoms with van der Waals surface area (Å²) in [6, 6.07) is 10.3. The van der Waals surface area contributed by atoms with Gasteiger partial charge in [-0.3, -0.25) is 4.79 Å². The molecule has 1 aromatic rings. The van der Waals surface area contributed by atoms with Crippen molar-refractivity contribution in [1.82, 2.24) is 4.90 Å². The van der Waals surface area contributed by atoms with Crippen molar-refractivity contribution < 1.29 is 9.53 Å². The van der Waals surface area contributed by atoms with E-state index in [4.69, 9.17) is 4.74 Å². The van der Waals surface area contributed by atoms with Gasteiger partial charge in [-0.15, -0.1) is 0 Å². The van der Waals surface area contributed by atoms with E-state index in [1.54, 1.807) is 18.9 Å². The molecule has 1 unspecified atom stereocenters. The number of aryl methyl sites for hydroxylation is 1.